The third-order valence-corrected chi connectivity index (χ3v) is 7.38. The van der Waals surface area contributed by atoms with Crippen LogP contribution in [0, 0.1) is 17.7 Å². The van der Waals surface area contributed by atoms with Crippen LogP contribution in [0.15, 0.2) is 24.3 Å². The first-order valence-corrected chi connectivity index (χ1v) is 11.9. The van der Waals surface area contributed by atoms with E-state index in [-0.39, 0.29) is 54.4 Å². The topological polar surface area (TPSA) is 113 Å². The van der Waals surface area contributed by atoms with E-state index in [9.17, 15) is 27.2 Å². The van der Waals surface area contributed by atoms with E-state index in [1.54, 1.807) is 17.0 Å². The Kier molecular flexibility index (Phi) is 7.06. The molecular formula is C20H26FN3O5S. The van der Waals surface area contributed by atoms with Gasteiger partial charge in [0.15, 0.2) is 9.84 Å². The Morgan fingerprint density at radius 1 is 1.10 bits per heavy atom. The molecule has 2 heterocycles. The zero-order chi connectivity index (χ0) is 21.7. The summed E-state index contributed by atoms with van der Waals surface area (Å²) in [5.41, 5.74) is 5.45. The number of sulfone groups is 1. The molecule has 0 radical (unpaired) electrons. The van der Waals surface area contributed by atoms with Gasteiger partial charge in [0.25, 0.3) is 0 Å². The van der Waals surface area contributed by atoms with Crippen LogP contribution in [0.25, 0.3) is 0 Å². The van der Waals surface area contributed by atoms with Gasteiger partial charge in [0.05, 0.1) is 23.8 Å². The molecule has 2 N–H and O–H groups in total. The first kappa shape index (κ1) is 22.2. The molecule has 2 fully saturated rings. The third-order valence-electron chi connectivity index (χ3n) is 5.54. The Morgan fingerprint density at radius 2 is 1.83 bits per heavy atom. The monoisotopic (exact) mass is 439 g/mol. The molecule has 2 saturated heterocycles. The summed E-state index contributed by atoms with van der Waals surface area (Å²) in [5.74, 6) is -1.86. The highest BCUT2D eigenvalue weighted by atomic mass is 32.2. The lowest BCUT2D eigenvalue weighted by Crippen LogP contribution is -2.50. The fourth-order valence-electron chi connectivity index (χ4n) is 3.89. The number of likely N-dealkylation sites (tertiary alicyclic amines) is 1. The van der Waals surface area contributed by atoms with Crippen LogP contribution >= 0.6 is 0 Å². The molecule has 0 bridgehead atoms. The smallest absolute Gasteiger partial charge is 0.243 e. The van der Waals surface area contributed by atoms with Crippen molar-refractivity contribution >= 4 is 27.6 Å². The zero-order valence-corrected chi connectivity index (χ0v) is 17.4. The second kappa shape index (κ2) is 9.55. The molecule has 0 spiro atoms. The number of carbonyl (C=O) groups excluding carboxylic acids is 3. The number of halogens is 1. The molecule has 3 amide bonds. The van der Waals surface area contributed by atoms with Crippen LogP contribution in [0.4, 0.5) is 4.39 Å². The molecule has 0 aromatic heterocycles. The van der Waals surface area contributed by atoms with Gasteiger partial charge >= 0.3 is 0 Å². The Labute approximate surface area is 175 Å². The van der Waals surface area contributed by atoms with E-state index in [0.717, 1.165) is 0 Å². The van der Waals surface area contributed by atoms with Gasteiger partial charge < -0.3 is 4.90 Å². The second-order valence-corrected chi connectivity index (χ2v) is 10.2. The molecule has 2 atom stereocenters. The highest BCUT2D eigenvalue weighted by Crippen LogP contribution is 2.21. The molecule has 0 saturated carbocycles. The summed E-state index contributed by atoms with van der Waals surface area (Å²) in [6, 6.07) is 5.73. The first-order valence-electron chi connectivity index (χ1n) is 10.0. The number of hydrogen-bond donors (Lipinski definition) is 2. The third kappa shape index (κ3) is 6.25. The predicted octanol–water partition coefficient (Wildman–Crippen LogP) is 0.579. The summed E-state index contributed by atoms with van der Waals surface area (Å²) >= 11 is 0. The number of nitrogens with one attached hydrogen (secondary N) is 2. The molecule has 30 heavy (non-hydrogen) atoms. The van der Waals surface area contributed by atoms with Crippen LogP contribution < -0.4 is 10.9 Å². The molecular weight excluding hydrogens is 413 g/mol. The van der Waals surface area contributed by atoms with E-state index in [4.69, 9.17) is 0 Å². The minimum atomic E-state index is -3.05. The van der Waals surface area contributed by atoms with Gasteiger partial charge in [-0.1, -0.05) is 12.1 Å². The number of carbonyl (C=O) groups is 3. The minimum Gasteiger partial charge on any atom is -0.342 e. The number of hydrogen-bond acceptors (Lipinski definition) is 5. The lowest BCUT2D eigenvalue weighted by molar-refractivity contribution is -0.137. The summed E-state index contributed by atoms with van der Waals surface area (Å²) < 4.78 is 35.9. The maximum atomic E-state index is 13.0. The van der Waals surface area contributed by atoms with Gasteiger partial charge in [0, 0.05) is 19.5 Å². The Hall–Kier alpha value is -2.49. The summed E-state index contributed by atoms with van der Waals surface area (Å²) in [7, 11) is -3.05. The van der Waals surface area contributed by atoms with Crippen LogP contribution in [0.2, 0.25) is 0 Å². The maximum absolute atomic E-state index is 13.0. The fraction of sp³-hybridized carbons (Fsp3) is 0.550. The summed E-state index contributed by atoms with van der Waals surface area (Å²) in [4.78, 5) is 38.5. The summed E-state index contributed by atoms with van der Waals surface area (Å²) in [6.45, 7) is 0.801. The Balaban J connectivity index is 1.44. The molecule has 0 aliphatic carbocycles. The standard InChI is InChI=1S/C20H26FN3O5S/c21-17-5-3-14(4-6-17)11-19(26)24-8-1-2-16(12-24)20(27)23-22-18(25)10-15-7-9-30(28,29)13-15/h3-6,15-16H,1-2,7-13H2,(H,22,25)(H,23,27). The van der Waals surface area contributed by atoms with Gasteiger partial charge in [0.1, 0.15) is 5.82 Å². The van der Waals surface area contributed by atoms with Gasteiger partial charge in [0.2, 0.25) is 17.7 Å². The van der Waals surface area contributed by atoms with Crippen molar-refractivity contribution in [3.8, 4) is 0 Å². The minimum absolute atomic E-state index is 0.00210. The lowest BCUT2D eigenvalue weighted by Gasteiger charge is -2.32. The molecule has 10 heteroatoms. The van der Waals surface area contributed by atoms with E-state index in [1.165, 1.54) is 12.1 Å². The van der Waals surface area contributed by atoms with Crippen molar-refractivity contribution in [3.05, 3.63) is 35.6 Å². The summed E-state index contributed by atoms with van der Waals surface area (Å²) in [5, 5.41) is 0. The quantitative estimate of drug-likeness (QED) is 0.652. The van der Waals surface area contributed by atoms with E-state index in [2.05, 4.69) is 10.9 Å². The molecule has 2 unspecified atom stereocenters. The van der Waals surface area contributed by atoms with Crippen LogP contribution in [0.3, 0.4) is 0 Å². The van der Waals surface area contributed by atoms with E-state index >= 15 is 0 Å². The molecule has 2 aliphatic heterocycles. The maximum Gasteiger partial charge on any atom is 0.243 e. The van der Waals surface area contributed by atoms with Crippen molar-refractivity contribution in [3.63, 3.8) is 0 Å². The van der Waals surface area contributed by atoms with Crippen LogP contribution in [0.1, 0.15) is 31.2 Å². The number of hydrazine groups is 1. The van der Waals surface area contributed by atoms with Crippen molar-refractivity contribution in [2.24, 2.45) is 11.8 Å². The largest absolute Gasteiger partial charge is 0.342 e. The number of amides is 3. The van der Waals surface area contributed by atoms with Crippen LogP contribution in [0.5, 0.6) is 0 Å². The number of benzene rings is 1. The lowest BCUT2D eigenvalue weighted by atomic mass is 9.96. The van der Waals surface area contributed by atoms with Crippen molar-refractivity contribution in [1.82, 2.24) is 15.8 Å². The van der Waals surface area contributed by atoms with Crippen molar-refractivity contribution in [1.29, 1.82) is 0 Å². The predicted molar refractivity (Wildman–Crippen MR) is 107 cm³/mol. The molecule has 164 valence electrons. The van der Waals surface area contributed by atoms with Gasteiger partial charge in [-0.05, 0) is 42.9 Å². The summed E-state index contributed by atoms with van der Waals surface area (Å²) in [6.07, 6.45) is 1.91. The van der Waals surface area contributed by atoms with Crippen LogP contribution in [-0.4, -0.2) is 55.6 Å². The Bertz CT molecular complexity index is 904. The molecule has 1 aromatic rings. The molecule has 8 nitrogen and oxygen atoms in total. The van der Waals surface area contributed by atoms with Gasteiger partial charge in [-0.15, -0.1) is 0 Å². The molecule has 3 rings (SSSR count). The van der Waals surface area contributed by atoms with Crippen molar-refractivity contribution in [2.75, 3.05) is 24.6 Å². The van der Waals surface area contributed by atoms with E-state index in [0.29, 0.717) is 31.4 Å². The van der Waals surface area contributed by atoms with Crippen molar-refractivity contribution < 1.29 is 27.2 Å². The number of nitrogens with zero attached hydrogens (tertiary/aromatic N) is 1. The van der Waals surface area contributed by atoms with E-state index in [1.807, 2.05) is 0 Å². The number of rotatable bonds is 5. The second-order valence-electron chi connectivity index (χ2n) is 7.99. The van der Waals surface area contributed by atoms with Gasteiger partial charge in [-0.2, -0.15) is 0 Å². The van der Waals surface area contributed by atoms with Crippen LogP contribution in [-0.2, 0) is 30.6 Å². The molecule has 2 aliphatic rings. The number of piperidine rings is 1. The van der Waals surface area contributed by atoms with Gasteiger partial charge in [-0.3, -0.25) is 25.2 Å². The first-order chi connectivity index (χ1) is 14.2. The molecule has 1 aromatic carbocycles. The zero-order valence-electron chi connectivity index (χ0n) is 16.6. The Morgan fingerprint density at radius 3 is 2.50 bits per heavy atom. The highest BCUT2D eigenvalue weighted by molar-refractivity contribution is 7.91. The SMILES string of the molecule is O=C(CC1CCS(=O)(=O)C1)NNC(=O)C1CCCN(C(=O)Cc2ccc(F)cc2)C1. The fourth-order valence-corrected chi connectivity index (χ4v) is 5.75. The highest BCUT2D eigenvalue weighted by Gasteiger charge is 2.31. The average molecular weight is 440 g/mol. The normalized spacial score (nSPS) is 23.0. The van der Waals surface area contributed by atoms with Gasteiger partial charge in [-0.25, -0.2) is 12.8 Å². The van der Waals surface area contributed by atoms with E-state index < -0.39 is 21.7 Å². The van der Waals surface area contributed by atoms with Crippen molar-refractivity contribution in [2.45, 2.75) is 32.1 Å². The average Bonchev–Trinajstić information content (AvgIpc) is 3.06.